The van der Waals surface area contributed by atoms with Gasteiger partial charge in [-0.2, -0.15) is 0 Å². The highest BCUT2D eigenvalue weighted by Crippen LogP contribution is 2.10. The molecule has 4 heteroatoms. The molecule has 0 heterocycles. The summed E-state index contributed by atoms with van der Waals surface area (Å²) < 4.78 is 0. The third-order valence-electron chi connectivity index (χ3n) is 3.69. The summed E-state index contributed by atoms with van der Waals surface area (Å²) in [6.45, 7) is 0. The standard InChI is InChI=1S/C18H32O4/c19-17(20)15-13-11-9-7-5-3-1-2-4-6-8-10-12-14-16-18(21)22/h3,5H,1-2,4,6-16H2,(H,19,20)(H,21,22)/b5-3-. The number of unbranched alkanes of at least 4 members (excludes halogenated alkanes) is 10. The summed E-state index contributed by atoms with van der Waals surface area (Å²) in [7, 11) is 0. The summed E-state index contributed by atoms with van der Waals surface area (Å²) in [6.07, 6.45) is 18.1. The molecule has 22 heavy (non-hydrogen) atoms. The van der Waals surface area contributed by atoms with E-state index in [1.165, 1.54) is 25.7 Å². The molecule has 0 fully saturated rings. The molecule has 0 radical (unpaired) electrons. The number of hydrogen-bond acceptors (Lipinski definition) is 2. The second-order valence-corrected chi connectivity index (χ2v) is 5.87. The zero-order chi connectivity index (χ0) is 16.5. The van der Waals surface area contributed by atoms with Crippen LogP contribution < -0.4 is 0 Å². The van der Waals surface area contributed by atoms with Crippen LogP contribution in [0.5, 0.6) is 0 Å². The van der Waals surface area contributed by atoms with Crippen LogP contribution in [0.3, 0.4) is 0 Å². The van der Waals surface area contributed by atoms with Gasteiger partial charge in [0.2, 0.25) is 0 Å². The van der Waals surface area contributed by atoms with Crippen molar-refractivity contribution in [2.75, 3.05) is 0 Å². The van der Waals surface area contributed by atoms with Gasteiger partial charge in [0.05, 0.1) is 0 Å². The Balaban J connectivity index is 3.11. The van der Waals surface area contributed by atoms with Crippen LogP contribution in [-0.4, -0.2) is 22.2 Å². The fourth-order valence-electron chi connectivity index (χ4n) is 2.37. The van der Waals surface area contributed by atoms with Crippen LogP contribution in [0.4, 0.5) is 0 Å². The molecule has 0 spiro atoms. The largest absolute Gasteiger partial charge is 0.481 e. The average Bonchev–Trinajstić information content (AvgIpc) is 2.46. The van der Waals surface area contributed by atoms with Crippen LogP contribution in [0, 0.1) is 0 Å². The molecule has 0 aliphatic heterocycles. The Bertz CT molecular complexity index is 310. The molecule has 0 aromatic rings. The topological polar surface area (TPSA) is 74.6 Å². The van der Waals surface area contributed by atoms with E-state index in [9.17, 15) is 9.59 Å². The van der Waals surface area contributed by atoms with E-state index in [1.54, 1.807) is 0 Å². The van der Waals surface area contributed by atoms with Crippen molar-refractivity contribution in [3.05, 3.63) is 12.2 Å². The third kappa shape index (κ3) is 18.7. The summed E-state index contributed by atoms with van der Waals surface area (Å²) >= 11 is 0. The maximum atomic E-state index is 10.3. The molecule has 4 nitrogen and oxygen atoms in total. The van der Waals surface area contributed by atoms with Crippen LogP contribution in [0.15, 0.2) is 12.2 Å². The van der Waals surface area contributed by atoms with E-state index in [2.05, 4.69) is 12.2 Å². The van der Waals surface area contributed by atoms with Gasteiger partial charge in [0.15, 0.2) is 0 Å². The third-order valence-corrected chi connectivity index (χ3v) is 3.69. The van der Waals surface area contributed by atoms with Crippen LogP contribution in [0.25, 0.3) is 0 Å². The lowest BCUT2D eigenvalue weighted by molar-refractivity contribution is -0.138. The molecule has 0 aliphatic rings. The second kappa shape index (κ2) is 16.1. The molecule has 0 bridgehead atoms. The SMILES string of the molecule is O=C(O)CCCCC/C=C\CCCCCCCCCC(=O)O. The molecular formula is C18H32O4. The van der Waals surface area contributed by atoms with Crippen LogP contribution in [0.2, 0.25) is 0 Å². The number of carboxylic acid groups (broad SMARTS) is 2. The van der Waals surface area contributed by atoms with Crippen molar-refractivity contribution in [3.63, 3.8) is 0 Å². The van der Waals surface area contributed by atoms with Gasteiger partial charge in [-0.3, -0.25) is 9.59 Å². The Hall–Kier alpha value is -1.32. The van der Waals surface area contributed by atoms with Crippen molar-refractivity contribution < 1.29 is 19.8 Å². The summed E-state index contributed by atoms with van der Waals surface area (Å²) in [5.41, 5.74) is 0. The van der Waals surface area contributed by atoms with Crippen molar-refractivity contribution in [1.29, 1.82) is 0 Å². The maximum Gasteiger partial charge on any atom is 0.303 e. The van der Waals surface area contributed by atoms with E-state index in [0.717, 1.165) is 51.4 Å². The molecule has 0 atom stereocenters. The minimum Gasteiger partial charge on any atom is -0.481 e. The fourth-order valence-corrected chi connectivity index (χ4v) is 2.37. The zero-order valence-corrected chi connectivity index (χ0v) is 13.8. The molecule has 128 valence electrons. The van der Waals surface area contributed by atoms with Gasteiger partial charge in [-0.25, -0.2) is 0 Å². The van der Waals surface area contributed by atoms with Gasteiger partial charge in [0.25, 0.3) is 0 Å². The molecule has 0 aliphatic carbocycles. The molecule has 0 unspecified atom stereocenters. The number of hydrogen-bond donors (Lipinski definition) is 2. The smallest absolute Gasteiger partial charge is 0.303 e. The minimum absolute atomic E-state index is 0.292. The normalized spacial score (nSPS) is 11.1. The molecule has 0 rings (SSSR count). The quantitative estimate of drug-likeness (QED) is 0.304. The van der Waals surface area contributed by atoms with Crippen LogP contribution in [0.1, 0.15) is 89.9 Å². The van der Waals surface area contributed by atoms with Gasteiger partial charge in [-0.1, -0.05) is 50.7 Å². The van der Waals surface area contributed by atoms with Crippen molar-refractivity contribution in [2.45, 2.75) is 89.9 Å². The van der Waals surface area contributed by atoms with E-state index in [4.69, 9.17) is 10.2 Å². The summed E-state index contributed by atoms with van der Waals surface area (Å²) in [4.78, 5) is 20.7. The molecule has 0 amide bonds. The molecule has 0 aromatic carbocycles. The first-order valence-corrected chi connectivity index (χ1v) is 8.71. The van der Waals surface area contributed by atoms with Crippen molar-refractivity contribution in [2.24, 2.45) is 0 Å². The Morgan fingerprint density at radius 2 is 0.864 bits per heavy atom. The lowest BCUT2D eigenvalue weighted by Crippen LogP contribution is -1.93. The highest BCUT2D eigenvalue weighted by atomic mass is 16.4. The Kier molecular flexibility index (Phi) is 15.1. The molecular weight excluding hydrogens is 280 g/mol. The number of allylic oxidation sites excluding steroid dienone is 2. The summed E-state index contributed by atoms with van der Waals surface area (Å²) in [5, 5.41) is 17.0. The first-order chi connectivity index (χ1) is 10.6. The first kappa shape index (κ1) is 20.7. The van der Waals surface area contributed by atoms with E-state index >= 15 is 0 Å². The highest BCUT2D eigenvalue weighted by Gasteiger charge is 1.96. The lowest BCUT2D eigenvalue weighted by Gasteiger charge is -2.00. The zero-order valence-electron chi connectivity index (χ0n) is 13.8. The van der Waals surface area contributed by atoms with Crippen molar-refractivity contribution in [3.8, 4) is 0 Å². The lowest BCUT2D eigenvalue weighted by atomic mass is 10.1. The van der Waals surface area contributed by atoms with Crippen LogP contribution in [-0.2, 0) is 9.59 Å². The molecule has 0 saturated heterocycles. The number of carboxylic acids is 2. The Labute approximate surface area is 134 Å². The van der Waals surface area contributed by atoms with Gasteiger partial charge >= 0.3 is 11.9 Å². The van der Waals surface area contributed by atoms with Crippen molar-refractivity contribution in [1.82, 2.24) is 0 Å². The Morgan fingerprint density at radius 1 is 0.545 bits per heavy atom. The molecule has 2 N–H and O–H groups in total. The Morgan fingerprint density at radius 3 is 1.27 bits per heavy atom. The van der Waals surface area contributed by atoms with Gasteiger partial charge in [-0.05, 0) is 38.5 Å². The number of aliphatic carboxylic acids is 2. The van der Waals surface area contributed by atoms with E-state index in [1.807, 2.05) is 0 Å². The van der Waals surface area contributed by atoms with Crippen molar-refractivity contribution >= 4 is 11.9 Å². The number of rotatable bonds is 16. The van der Waals surface area contributed by atoms with Gasteiger partial charge in [0, 0.05) is 12.8 Å². The fraction of sp³-hybridized carbons (Fsp3) is 0.778. The maximum absolute atomic E-state index is 10.3. The monoisotopic (exact) mass is 312 g/mol. The van der Waals surface area contributed by atoms with Gasteiger partial charge < -0.3 is 10.2 Å². The first-order valence-electron chi connectivity index (χ1n) is 8.71. The van der Waals surface area contributed by atoms with Crippen LogP contribution >= 0.6 is 0 Å². The average molecular weight is 312 g/mol. The predicted molar refractivity (Wildman–Crippen MR) is 89.0 cm³/mol. The highest BCUT2D eigenvalue weighted by molar-refractivity contribution is 5.66. The number of carbonyl (C=O) groups is 2. The van der Waals surface area contributed by atoms with E-state index in [-0.39, 0.29) is 0 Å². The van der Waals surface area contributed by atoms with E-state index in [0.29, 0.717) is 12.8 Å². The predicted octanol–water partition coefficient (Wildman–Crippen LogP) is 5.17. The minimum atomic E-state index is -0.697. The second-order valence-electron chi connectivity index (χ2n) is 5.87. The summed E-state index contributed by atoms with van der Waals surface area (Å²) in [5.74, 6) is -1.38. The summed E-state index contributed by atoms with van der Waals surface area (Å²) in [6, 6.07) is 0. The molecule has 0 aromatic heterocycles. The van der Waals surface area contributed by atoms with Gasteiger partial charge in [0.1, 0.15) is 0 Å². The van der Waals surface area contributed by atoms with E-state index < -0.39 is 11.9 Å². The van der Waals surface area contributed by atoms with Gasteiger partial charge in [-0.15, -0.1) is 0 Å². The molecule has 0 saturated carbocycles.